The highest BCUT2D eigenvalue weighted by Crippen LogP contribution is 2.21. The number of aromatic nitrogens is 1. The maximum absolute atomic E-state index is 10.4. The summed E-state index contributed by atoms with van der Waals surface area (Å²) >= 11 is 1.63. The van der Waals surface area contributed by atoms with Crippen molar-refractivity contribution in [3.63, 3.8) is 0 Å². The Labute approximate surface area is 86.2 Å². The molecule has 2 nitrogen and oxygen atoms in total. The molecule has 2 aromatic rings. The van der Waals surface area contributed by atoms with E-state index in [1.807, 2.05) is 24.4 Å². The molecule has 0 radical (unpaired) electrons. The van der Waals surface area contributed by atoms with E-state index in [2.05, 4.69) is 4.98 Å². The molecule has 0 aliphatic carbocycles. The topological polar surface area (TPSA) is 30.0 Å². The van der Waals surface area contributed by atoms with Crippen LogP contribution in [0.15, 0.2) is 29.6 Å². The predicted octanol–water partition coefficient (Wildman–Crippen LogP) is 2.93. The third kappa shape index (κ3) is 1.72. The second kappa shape index (κ2) is 3.72. The van der Waals surface area contributed by atoms with Gasteiger partial charge in [-0.25, -0.2) is 4.98 Å². The molecular formula is C11H9NOS. The van der Waals surface area contributed by atoms with Crippen molar-refractivity contribution < 1.29 is 4.79 Å². The molecule has 0 fully saturated rings. The highest BCUT2D eigenvalue weighted by Gasteiger charge is 2.01. The van der Waals surface area contributed by atoms with Crippen molar-refractivity contribution >= 4 is 17.6 Å². The van der Waals surface area contributed by atoms with Crippen LogP contribution in [0.2, 0.25) is 0 Å². The van der Waals surface area contributed by atoms with Crippen molar-refractivity contribution in [1.82, 2.24) is 4.98 Å². The number of hydrogen-bond donors (Lipinski definition) is 0. The van der Waals surface area contributed by atoms with Crippen LogP contribution in [-0.4, -0.2) is 11.3 Å². The van der Waals surface area contributed by atoms with Crippen LogP contribution in [0, 0.1) is 6.92 Å². The smallest absolute Gasteiger partial charge is 0.150 e. The van der Waals surface area contributed by atoms with E-state index in [9.17, 15) is 4.79 Å². The summed E-state index contributed by atoms with van der Waals surface area (Å²) in [4.78, 5) is 14.8. The lowest BCUT2D eigenvalue weighted by Gasteiger charge is -1.95. The Morgan fingerprint density at radius 2 is 2.00 bits per heavy atom. The fraction of sp³-hybridized carbons (Fsp3) is 0.0909. The van der Waals surface area contributed by atoms with Gasteiger partial charge in [0.1, 0.15) is 6.29 Å². The van der Waals surface area contributed by atoms with E-state index in [0.29, 0.717) is 5.56 Å². The third-order valence-corrected chi connectivity index (χ3v) is 2.74. The van der Waals surface area contributed by atoms with Crippen molar-refractivity contribution in [3.05, 3.63) is 40.2 Å². The van der Waals surface area contributed by atoms with Gasteiger partial charge in [-0.05, 0) is 6.92 Å². The second-order valence-electron chi connectivity index (χ2n) is 2.99. The van der Waals surface area contributed by atoms with Crippen LogP contribution in [0.1, 0.15) is 15.4 Å². The van der Waals surface area contributed by atoms with Gasteiger partial charge in [0.15, 0.2) is 0 Å². The Balaban J connectivity index is 2.38. The van der Waals surface area contributed by atoms with Crippen molar-refractivity contribution in [2.45, 2.75) is 6.92 Å². The molecule has 1 heterocycles. The molecule has 1 aromatic carbocycles. The number of nitrogens with zero attached hydrogens (tertiary/aromatic N) is 1. The standard InChI is InChI=1S/C11H9NOS/c1-8-12-11(7-14-8)10-4-2-9(6-13)3-5-10/h2-7H,1H3. The molecule has 0 spiro atoms. The molecule has 0 aliphatic heterocycles. The maximum Gasteiger partial charge on any atom is 0.150 e. The van der Waals surface area contributed by atoms with E-state index in [1.165, 1.54) is 0 Å². The van der Waals surface area contributed by atoms with Crippen molar-refractivity contribution in [2.75, 3.05) is 0 Å². The number of carbonyl (C=O) groups excluding carboxylic acids is 1. The molecular weight excluding hydrogens is 194 g/mol. The first kappa shape index (κ1) is 9.09. The average Bonchev–Trinajstić information content (AvgIpc) is 2.65. The number of rotatable bonds is 2. The van der Waals surface area contributed by atoms with Gasteiger partial charge in [0.2, 0.25) is 0 Å². The SMILES string of the molecule is Cc1nc(-c2ccc(C=O)cc2)cs1. The first-order chi connectivity index (χ1) is 6.79. The van der Waals surface area contributed by atoms with Crippen molar-refractivity contribution in [1.29, 1.82) is 0 Å². The molecule has 70 valence electrons. The number of hydrogen-bond acceptors (Lipinski definition) is 3. The predicted molar refractivity (Wildman–Crippen MR) is 57.7 cm³/mol. The van der Waals surface area contributed by atoms with Crippen LogP contribution in [0.3, 0.4) is 0 Å². The minimum Gasteiger partial charge on any atom is -0.298 e. The summed E-state index contributed by atoms with van der Waals surface area (Å²) in [5.74, 6) is 0. The quantitative estimate of drug-likeness (QED) is 0.702. The minimum atomic E-state index is 0.695. The lowest BCUT2D eigenvalue weighted by Crippen LogP contribution is -1.81. The first-order valence-electron chi connectivity index (χ1n) is 4.27. The van der Waals surface area contributed by atoms with E-state index >= 15 is 0 Å². The molecule has 0 unspecified atom stereocenters. The van der Waals surface area contributed by atoms with E-state index in [0.717, 1.165) is 22.6 Å². The van der Waals surface area contributed by atoms with Gasteiger partial charge in [-0.2, -0.15) is 0 Å². The van der Waals surface area contributed by atoms with E-state index in [4.69, 9.17) is 0 Å². The number of carbonyl (C=O) groups is 1. The van der Waals surface area contributed by atoms with Crippen LogP contribution in [-0.2, 0) is 0 Å². The van der Waals surface area contributed by atoms with Gasteiger partial charge in [0.05, 0.1) is 10.7 Å². The van der Waals surface area contributed by atoms with Gasteiger partial charge in [-0.3, -0.25) is 4.79 Å². The molecule has 14 heavy (non-hydrogen) atoms. The fourth-order valence-corrected chi connectivity index (χ4v) is 1.85. The van der Waals surface area contributed by atoms with E-state index in [-0.39, 0.29) is 0 Å². The van der Waals surface area contributed by atoms with E-state index < -0.39 is 0 Å². The van der Waals surface area contributed by atoms with Gasteiger partial charge in [-0.1, -0.05) is 24.3 Å². The lowest BCUT2D eigenvalue weighted by atomic mass is 10.1. The summed E-state index contributed by atoms with van der Waals surface area (Å²) in [6.45, 7) is 1.98. The minimum absolute atomic E-state index is 0.695. The van der Waals surface area contributed by atoms with Crippen LogP contribution in [0.5, 0.6) is 0 Å². The van der Waals surface area contributed by atoms with Crippen LogP contribution in [0.4, 0.5) is 0 Å². The number of aldehydes is 1. The average molecular weight is 203 g/mol. The Morgan fingerprint density at radius 3 is 2.50 bits per heavy atom. The summed E-state index contributed by atoms with van der Waals surface area (Å²) in [6, 6.07) is 7.43. The molecule has 1 aromatic heterocycles. The molecule has 0 saturated carbocycles. The van der Waals surface area contributed by atoms with Crippen LogP contribution in [0.25, 0.3) is 11.3 Å². The second-order valence-corrected chi connectivity index (χ2v) is 4.05. The zero-order valence-corrected chi connectivity index (χ0v) is 8.54. The number of aryl methyl sites for hydroxylation is 1. The summed E-state index contributed by atoms with van der Waals surface area (Å²) in [7, 11) is 0. The first-order valence-corrected chi connectivity index (χ1v) is 5.15. The number of thiazole rings is 1. The summed E-state index contributed by atoms with van der Waals surface area (Å²) < 4.78 is 0. The molecule has 2 rings (SSSR count). The third-order valence-electron chi connectivity index (χ3n) is 1.96. The van der Waals surface area contributed by atoms with Crippen LogP contribution >= 0.6 is 11.3 Å². The molecule has 0 bridgehead atoms. The van der Waals surface area contributed by atoms with Crippen molar-refractivity contribution in [2.24, 2.45) is 0 Å². The summed E-state index contributed by atoms with van der Waals surface area (Å²) in [5, 5.41) is 3.07. The highest BCUT2D eigenvalue weighted by atomic mass is 32.1. The van der Waals surface area contributed by atoms with Gasteiger partial charge in [-0.15, -0.1) is 11.3 Å². The summed E-state index contributed by atoms with van der Waals surface area (Å²) in [6.07, 6.45) is 0.843. The zero-order chi connectivity index (χ0) is 9.97. The highest BCUT2D eigenvalue weighted by molar-refractivity contribution is 7.09. The molecule has 0 atom stereocenters. The summed E-state index contributed by atoms with van der Waals surface area (Å²) in [5.41, 5.74) is 2.73. The normalized spacial score (nSPS) is 10.1. The molecule has 0 saturated heterocycles. The van der Waals surface area contributed by atoms with Gasteiger partial charge < -0.3 is 0 Å². The Kier molecular flexibility index (Phi) is 2.41. The molecule has 3 heteroatoms. The molecule has 0 N–H and O–H groups in total. The molecule has 0 amide bonds. The Morgan fingerprint density at radius 1 is 1.29 bits per heavy atom. The van der Waals surface area contributed by atoms with E-state index in [1.54, 1.807) is 23.5 Å². The zero-order valence-electron chi connectivity index (χ0n) is 7.73. The van der Waals surface area contributed by atoms with Gasteiger partial charge >= 0.3 is 0 Å². The molecule has 0 aliphatic rings. The fourth-order valence-electron chi connectivity index (χ4n) is 1.23. The lowest BCUT2D eigenvalue weighted by molar-refractivity contribution is 0.112. The largest absolute Gasteiger partial charge is 0.298 e. The Bertz CT molecular complexity index is 445. The number of benzene rings is 1. The van der Waals surface area contributed by atoms with Gasteiger partial charge in [0, 0.05) is 16.5 Å². The van der Waals surface area contributed by atoms with Gasteiger partial charge in [0.25, 0.3) is 0 Å². The van der Waals surface area contributed by atoms with Crippen LogP contribution < -0.4 is 0 Å². The Hall–Kier alpha value is -1.48. The monoisotopic (exact) mass is 203 g/mol. The van der Waals surface area contributed by atoms with Crippen molar-refractivity contribution in [3.8, 4) is 11.3 Å². The maximum atomic E-state index is 10.4.